The van der Waals surface area contributed by atoms with Gasteiger partial charge in [-0.2, -0.15) is 0 Å². The van der Waals surface area contributed by atoms with E-state index in [1.165, 1.54) is 0 Å². The molecule has 0 fully saturated rings. The Labute approximate surface area is 106 Å². The highest BCUT2D eigenvalue weighted by Gasteiger charge is 2.14. The SMILES string of the molecule is Cc1ccc(C(N)=S)c(N(CCO)CCO)n1. The van der Waals surface area contributed by atoms with Gasteiger partial charge in [0.05, 0.1) is 18.8 Å². The molecule has 0 saturated carbocycles. The third-order valence-corrected chi connectivity index (χ3v) is 2.54. The van der Waals surface area contributed by atoms with Crippen molar-refractivity contribution in [2.24, 2.45) is 5.73 Å². The monoisotopic (exact) mass is 255 g/mol. The molecule has 5 nitrogen and oxygen atoms in total. The number of nitrogens with two attached hydrogens (primary N) is 1. The number of aliphatic hydroxyl groups is 2. The van der Waals surface area contributed by atoms with Crippen LogP contribution in [0.15, 0.2) is 12.1 Å². The number of pyridine rings is 1. The predicted molar refractivity (Wildman–Crippen MR) is 71.2 cm³/mol. The van der Waals surface area contributed by atoms with E-state index in [9.17, 15) is 0 Å². The Hall–Kier alpha value is -1.24. The Balaban J connectivity index is 3.14. The maximum Gasteiger partial charge on any atom is 0.139 e. The number of nitrogens with zero attached hydrogens (tertiary/aromatic N) is 2. The molecule has 0 bridgehead atoms. The Morgan fingerprint density at radius 3 is 2.41 bits per heavy atom. The molecular weight excluding hydrogens is 238 g/mol. The standard InChI is InChI=1S/C11H17N3O2S/c1-8-2-3-9(10(12)17)11(13-8)14(4-6-15)5-7-16/h2-3,15-16H,4-7H2,1H3,(H2,12,17). The third kappa shape index (κ3) is 3.62. The van der Waals surface area contributed by atoms with Crippen LogP contribution in [0, 0.1) is 6.92 Å². The van der Waals surface area contributed by atoms with Crippen LogP contribution >= 0.6 is 12.2 Å². The van der Waals surface area contributed by atoms with Gasteiger partial charge in [-0.05, 0) is 19.1 Å². The molecule has 0 radical (unpaired) electrons. The molecule has 0 aliphatic rings. The minimum Gasteiger partial charge on any atom is -0.395 e. The highest BCUT2D eigenvalue weighted by Crippen LogP contribution is 2.18. The molecule has 0 saturated heterocycles. The molecule has 1 heterocycles. The third-order valence-electron chi connectivity index (χ3n) is 2.32. The summed E-state index contributed by atoms with van der Waals surface area (Å²) in [6.45, 7) is 2.58. The lowest BCUT2D eigenvalue weighted by molar-refractivity contribution is 0.280. The maximum atomic E-state index is 9.01. The van der Waals surface area contributed by atoms with E-state index in [1.807, 2.05) is 19.1 Å². The van der Waals surface area contributed by atoms with E-state index in [1.54, 1.807) is 4.90 Å². The average molecular weight is 255 g/mol. The van der Waals surface area contributed by atoms with E-state index in [0.717, 1.165) is 5.69 Å². The van der Waals surface area contributed by atoms with Crippen molar-refractivity contribution in [1.82, 2.24) is 4.98 Å². The van der Waals surface area contributed by atoms with Crippen LogP contribution in [0.1, 0.15) is 11.3 Å². The summed E-state index contributed by atoms with van der Waals surface area (Å²) in [4.78, 5) is 6.39. The second-order valence-electron chi connectivity index (χ2n) is 3.62. The highest BCUT2D eigenvalue weighted by atomic mass is 32.1. The summed E-state index contributed by atoms with van der Waals surface area (Å²) < 4.78 is 0. The predicted octanol–water partition coefficient (Wildman–Crippen LogP) is -0.185. The van der Waals surface area contributed by atoms with Crippen LogP contribution in [0.3, 0.4) is 0 Å². The van der Waals surface area contributed by atoms with Crippen LogP contribution in [0.4, 0.5) is 5.82 Å². The van der Waals surface area contributed by atoms with Crippen LogP contribution in [0.2, 0.25) is 0 Å². The first-order valence-electron chi connectivity index (χ1n) is 5.34. The molecule has 0 unspecified atom stereocenters. The molecular formula is C11H17N3O2S. The topological polar surface area (TPSA) is 82.6 Å². The molecule has 17 heavy (non-hydrogen) atoms. The largest absolute Gasteiger partial charge is 0.395 e. The molecule has 1 aromatic heterocycles. The van der Waals surface area contributed by atoms with Gasteiger partial charge in [0.1, 0.15) is 10.8 Å². The molecule has 6 heteroatoms. The van der Waals surface area contributed by atoms with Crippen molar-refractivity contribution in [1.29, 1.82) is 0 Å². The van der Waals surface area contributed by atoms with Gasteiger partial charge in [-0.3, -0.25) is 0 Å². The number of aliphatic hydroxyl groups excluding tert-OH is 2. The van der Waals surface area contributed by atoms with Crippen molar-refractivity contribution in [2.45, 2.75) is 6.92 Å². The van der Waals surface area contributed by atoms with Gasteiger partial charge in [0, 0.05) is 18.8 Å². The lowest BCUT2D eigenvalue weighted by Gasteiger charge is -2.24. The van der Waals surface area contributed by atoms with Crippen LogP contribution < -0.4 is 10.6 Å². The van der Waals surface area contributed by atoms with Crippen molar-refractivity contribution >= 4 is 23.0 Å². The number of aromatic nitrogens is 1. The zero-order valence-corrected chi connectivity index (χ0v) is 10.6. The number of rotatable bonds is 6. The minimum absolute atomic E-state index is 0.0214. The van der Waals surface area contributed by atoms with E-state index in [0.29, 0.717) is 24.5 Å². The Kier molecular flexibility index (Phi) is 5.27. The Morgan fingerprint density at radius 2 is 1.94 bits per heavy atom. The number of thiocarbonyl (C=S) groups is 1. The van der Waals surface area contributed by atoms with E-state index < -0.39 is 0 Å². The van der Waals surface area contributed by atoms with Gasteiger partial charge in [0.2, 0.25) is 0 Å². The summed E-state index contributed by atoms with van der Waals surface area (Å²) in [6, 6.07) is 3.63. The molecule has 0 atom stereocenters. The summed E-state index contributed by atoms with van der Waals surface area (Å²) in [7, 11) is 0. The number of hydrogen-bond acceptors (Lipinski definition) is 5. The van der Waals surface area contributed by atoms with Crippen molar-refractivity contribution in [2.75, 3.05) is 31.2 Å². The van der Waals surface area contributed by atoms with Crippen LogP contribution in [-0.2, 0) is 0 Å². The second kappa shape index (κ2) is 6.48. The van der Waals surface area contributed by atoms with Gasteiger partial charge in [0.15, 0.2) is 0 Å². The van der Waals surface area contributed by atoms with E-state index in [4.69, 9.17) is 28.2 Å². The number of aryl methyl sites for hydroxylation is 1. The first kappa shape index (κ1) is 13.8. The fourth-order valence-corrected chi connectivity index (χ4v) is 1.70. The summed E-state index contributed by atoms with van der Waals surface area (Å²) in [6.07, 6.45) is 0. The quantitative estimate of drug-likeness (QED) is 0.612. The Bertz CT molecular complexity index is 392. The van der Waals surface area contributed by atoms with Crippen molar-refractivity contribution in [3.05, 3.63) is 23.4 Å². The number of hydrogen-bond donors (Lipinski definition) is 3. The van der Waals surface area contributed by atoms with Crippen LogP contribution in [0.5, 0.6) is 0 Å². The van der Waals surface area contributed by atoms with E-state index in [2.05, 4.69) is 4.98 Å². The van der Waals surface area contributed by atoms with Crippen LogP contribution in [0.25, 0.3) is 0 Å². The van der Waals surface area contributed by atoms with Gasteiger partial charge in [-0.25, -0.2) is 4.98 Å². The first-order valence-corrected chi connectivity index (χ1v) is 5.75. The zero-order valence-electron chi connectivity index (χ0n) is 9.76. The molecule has 4 N–H and O–H groups in total. The summed E-state index contributed by atoms with van der Waals surface area (Å²) >= 11 is 4.97. The van der Waals surface area contributed by atoms with Gasteiger partial charge in [-0.1, -0.05) is 12.2 Å². The van der Waals surface area contributed by atoms with Crippen LogP contribution in [-0.4, -0.2) is 46.5 Å². The van der Waals surface area contributed by atoms with Gasteiger partial charge < -0.3 is 20.8 Å². The molecule has 0 amide bonds. The first-order chi connectivity index (χ1) is 8.10. The smallest absolute Gasteiger partial charge is 0.139 e. The van der Waals surface area contributed by atoms with Crippen molar-refractivity contribution in [3.63, 3.8) is 0 Å². The molecule has 0 aliphatic carbocycles. The molecule has 0 aromatic carbocycles. The van der Waals surface area contributed by atoms with Gasteiger partial charge in [0.25, 0.3) is 0 Å². The fourth-order valence-electron chi connectivity index (χ4n) is 1.54. The minimum atomic E-state index is -0.0214. The molecule has 94 valence electrons. The van der Waals surface area contributed by atoms with Crippen molar-refractivity contribution < 1.29 is 10.2 Å². The summed E-state index contributed by atoms with van der Waals surface area (Å²) in [5.41, 5.74) is 7.13. The molecule has 1 aromatic rings. The van der Waals surface area contributed by atoms with Gasteiger partial charge in [-0.15, -0.1) is 0 Å². The average Bonchev–Trinajstić information content (AvgIpc) is 2.28. The maximum absolute atomic E-state index is 9.01. The normalized spacial score (nSPS) is 10.3. The fraction of sp³-hybridized carbons (Fsp3) is 0.455. The zero-order chi connectivity index (χ0) is 12.8. The lowest BCUT2D eigenvalue weighted by Crippen LogP contribution is -2.32. The molecule has 0 aliphatic heterocycles. The summed E-state index contributed by atoms with van der Waals surface area (Å²) in [5, 5.41) is 18.0. The Morgan fingerprint density at radius 1 is 1.35 bits per heavy atom. The van der Waals surface area contributed by atoms with E-state index >= 15 is 0 Å². The lowest BCUT2D eigenvalue weighted by atomic mass is 10.2. The molecule has 1 rings (SSSR count). The van der Waals surface area contributed by atoms with E-state index in [-0.39, 0.29) is 18.2 Å². The van der Waals surface area contributed by atoms with Crippen molar-refractivity contribution in [3.8, 4) is 0 Å². The molecule has 0 spiro atoms. The number of anilines is 1. The second-order valence-corrected chi connectivity index (χ2v) is 4.06. The van der Waals surface area contributed by atoms with Gasteiger partial charge >= 0.3 is 0 Å². The summed E-state index contributed by atoms with van der Waals surface area (Å²) in [5.74, 6) is 0.612. The highest BCUT2D eigenvalue weighted by molar-refractivity contribution is 7.80.